The highest BCUT2D eigenvalue weighted by molar-refractivity contribution is 7.28. The van der Waals surface area contributed by atoms with Crippen molar-refractivity contribution in [2.24, 2.45) is 0 Å². The number of thiophene rings is 2. The molecule has 202 valence electrons. The van der Waals surface area contributed by atoms with Crippen LogP contribution in [0.15, 0.2) is 152 Å². The van der Waals surface area contributed by atoms with Crippen molar-refractivity contribution in [3.8, 4) is 39.1 Å². The lowest BCUT2D eigenvalue weighted by molar-refractivity contribution is 1.21. The first-order valence-corrected chi connectivity index (χ1v) is 16.2. The summed E-state index contributed by atoms with van der Waals surface area (Å²) < 4.78 is 5.21. The van der Waals surface area contributed by atoms with E-state index in [1.807, 2.05) is 22.7 Å². The van der Waals surface area contributed by atoms with Gasteiger partial charge in [-0.25, -0.2) is 0 Å². The number of benzene rings is 6. The summed E-state index contributed by atoms with van der Waals surface area (Å²) in [7, 11) is 0. The minimum absolute atomic E-state index is 1.22. The molecule has 0 amide bonds. The summed E-state index contributed by atoms with van der Waals surface area (Å²) >= 11 is 3.80. The first-order chi connectivity index (χ1) is 21.3. The van der Waals surface area contributed by atoms with Crippen LogP contribution in [0.25, 0.3) is 79.7 Å². The van der Waals surface area contributed by atoms with Crippen molar-refractivity contribution in [1.82, 2.24) is 4.57 Å². The molecule has 3 heterocycles. The van der Waals surface area contributed by atoms with Gasteiger partial charge >= 0.3 is 0 Å². The zero-order valence-corrected chi connectivity index (χ0v) is 24.8. The summed E-state index contributed by atoms with van der Waals surface area (Å²) in [5.74, 6) is 0. The summed E-state index contributed by atoms with van der Waals surface area (Å²) in [5, 5.41) is 5.36. The highest BCUT2D eigenvalue weighted by atomic mass is 32.1. The molecular weight excluding hydrogens is 559 g/mol. The van der Waals surface area contributed by atoms with E-state index in [1.165, 1.54) is 79.7 Å². The average Bonchev–Trinajstić information content (AvgIpc) is 3.72. The van der Waals surface area contributed by atoms with Crippen LogP contribution in [0.5, 0.6) is 0 Å². The number of aromatic nitrogens is 1. The Labute approximate surface area is 257 Å². The van der Waals surface area contributed by atoms with Gasteiger partial charge in [0.25, 0.3) is 0 Å². The smallest absolute Gasteiger partial charge is 0.110 e. The topological polar surface area (TPSA) is 4.93 Å². The summed E-state index contributed by atoms with van der Waals surface area (Å²) in [4.78, 5) is 2.60. The van der Waals surface area contributed by atoms with Crippen LogP contribution in [-0.2, 0) is 0 Å². The molecule has 0 bridgehead atoms. The highest BCUT2D eigenvalue weighted by Crippen LogP contribution is 2.51. The molecule has 0 unspecified atom stereocenters. The van der Waals surface area contributed by atoms with Crippen molar-refractivity contribution < 1.29 is 0 Å². The van der Waals surface area contributed by atoms with E-state index < -0.39 is 0 Å². The lowest BCUT2D eigenvalue weighted by atomic mass is 9.96. The van der Waals surface area contributed by atoms with Gasteiger partial charge in [-0.1, -0.05) is 133 Å². The minimum atomic E-state index is 1.22. The molecule has 0 saturated heterocycles. The molecule has 0 saturated carbocycles. The van der Waals surface area contributed by atoms with Gasteiger partial charge in [0.05, 0.1) is 5.69 Å². The van der Waals surface area contributed by atoms with Crippen molar-refractivity contribution in [2.45, 2.75) is 0 Å². The van der Waals surface area contributed by atoms with Crippen molar-refractivity contribution >= 4 is 63.3 Å². The van der Waals surface area contributed by atoms with E-state index in [4.69, 9.17) is 0 Å². The Morgan fingerprint density at radius 2 is 0.884 bits per heavy atom. The van der Waals surface area contributed by atoms with E-state index in [2.05, 4.69) is 156 Å². The SMILES string of the molecule is c1ccc(-c2ccc3sc4c(c3c2)c2c3ccccc3sc2n4-c2c(-c3ccccc3)cccc2-c2ccccc2)cc1. The van der Waals surface area contributed by atoms with Gasteiger partial charge in [-0.15, -0.1) is 22.7 Å². The van der Waals surface area contributed by atoms with Crippen molar-refractivity contribution in [2.75, 3.05) is 0 Å². The summed E-state index contributed by atoms with van der Waals surface area (Å²) in [6, 6.07) is 55.0. The van der Waals surface area contributed by atoms with Crippen LogP contribution in [0, 0.1) is 0 Å². The molecule has 0 N–H and O–H groups in total. The van der Waals surface area contributed by atoms with Gasteiger partial charge in [-0.2, -0.15) is 0 Å². The molecule has 0 aliphatic carbocycles. The first kappa shape index (κ1) is 24.6. The summed E-state index contributed by atoms with van der Waals surface area (Å²) in [6.07, 6.45) is 0. The second-order valence-electron chi connectivity index (χ2n) is 10.9. The predicted molar refractivity (Wildman–Crippen MR) is 188 cm³/mol. The van der Waals surface area contributed by atoms with Crippen LogP contribution in [-0.4, -0.2) is 4.57 Å². The summed E-state index contributed by atoms with van der Waals surface area (Å²) in [6.45, 7) is 0. The molecule has 0 aliphatic heterocycles. The van der Waals surface area contributed by atoms with Gasteiger partial charge < -0.3 is 0 Å². The Kier molecular flexibility index (Phi) is 5.62. The van der Waals surface area contributed by atoms with Crippen molar-refractivity contribution in [3.63, 3.8) is 0 Å². The largest absolute Gasteiger partial charge is 0.291 e. The van der Waals surface area contributed by atoms with E-state index in [9.17, 15) is 0 Å². The Morgan fingerprint density at radius 1 is 0.372 bits per heavy atom. The number of fused-ring (bicyclic) bond motifs is 7. The molecule has 0 radical (unpaired) electrons. The van der Waals surface area contributed by atoms with Crippen LogP contribution in [0.4, 0.5) is 0 Å². The Morgan fingerprint density at radius 3 is 1.51 bits per heavy atom. The monoisotopic (exact) mass is 583 g/mol. The third kappa shape index (κ3) is 3.82. The van der Waals surface area contributed by atoms with Gasteiger partial charge in [0, 0.05) is 42.1 Å². The normalized spacial score (nSPS) is 11.7. The average molecular weight is 584 g/mol. The molecule has 9 aromatic rings. The van der Waals surface area contributed by atoms with Gasteiger partial charge in [0.15, 0.2) is 0 Å². The molecule has 3 aromatic heterocycles. The van der Waals surface area contributed by atoms with Crippen LogP contribution in [0.1, 0.15) is 0 Å². The standard InChI is InChI=1S/C40H25NS2/c1-4-13-26(14-5-1)29-23-24-35-33(25-29)37-36-32-19-10-11-22-34(32)42-39(36)41(40(37)43-35)38-30(27-15-6-2-7-16-27)20-12-21-31(38)28-17-8-3-9-18-28/h1-25H. The molecule has 6 aromatic carbocycles. The number of nitrogens with zero attached hydrogens (tertiary/aromatic N) is 1. The highest BCUT2D eigenvalue weighted by Gasteiger charge is 2.25. The van der Waals surface area contributed by atoms with Crippen LogP contribution in [0.2, 0.25) is 0 Å². The van der Waals surface area contributed by atoms with Crippen molar-refractivity contribution in [1.29, 1.82) is 0 Å². The van der Waals surface area contributed by atoms with Gasteiger partial charge in [-0.3, -0.25) is 4.57 Å². The van der Waals surface area contributed by atoms with Crippen LogP contribution < -0.4 is 0 Å². The second kappa shape index (κ2) is 9.81. The van der Waals surface area contributed by atoms with Crippen molar-refractivity contribution in [3.05, 3.63) is 152 Å². The minimum Gasteiger partial charge on any atom is -0.291 e. The van der Waals surface area contributed by atoms with E-state index >= 15 is 0 Å². The van der Waals surface area contributed by atoms with E-state index in [-0.39, 0.29) is 0 Å². The number of hydrogen-bond donors (Lipinski definition) is 0. The maximum atomic E-state index is 2.58. The molecular formula is C40H25NS2. The summed E-state index contributed by atoms with van der Waals surface area (Å²) in [5.41, 5.74) is 8.65. The second-order valence-corrected chi connectivity index (χ2v) is 13.0. The quantitative estimate of drug-likeness (QED) is 0.194. The fraction of sp³-hybridized carbons (Fsp3) is 0. The van der Waals surface area contributed by atoms with Crippen LogP contribution >= 0.6 is 22.7 Å². The molecule has 3 heteroatoms. The van der Waals surface area contributed by atoms with Crippen LogP contribution in [0.3, 0.4) is 0 Å². The number of rotatable bonds is 4. The fourth-order valence-corrected chi connectivity index (χ4v) is 8.99. The van der Waals surface area contributed by atoms with Gasteiger partial charge in [0.1, 0.15) is 9.66 Å². The third-order valence-corrected chi connectivity index (χ3v) is 10.8. The molecule has 0 fully saturated rings. The fourth-order valence-electron chi connectivity index (χ4n) is 6.51. The molecule has 1 nitrogen and oxygen atoms in total. The zero-order valence-electron chi connectivity index (χ0n) is 23.2. The molecule has 0 atom stereocenters. The lowest BCUT2D eigenvalue weighted by Gasteiger charge is -2.18. The maximum absolute atomic E-state index is 2.58. The molecule has 43 heavy (non-hydrogen) atoms. The molecule has 0 aliphatic rings. The molecule has 0 spiro atoms. The zero-order chi connectivity index (χ0) is 28.3. The molecule has 9 rings (SSSR count). The predicted octanol–water partition coefficient (Wildman–Crippen LogP) is 12.2. The van der Waals surface area contributed by atoms with E-state index in [1.54, 1.807) is 0 Å². The first-order valence-electron chi connectivity index (χ1n) is 14.5. The Balaban J connectivity index is 1.47. The maximum Gasteiger partial charge on any atom is 0.110 e. The van der Waals surface area contributed by atoms with Gasteiger partial charge in [0.2, 0.25) is 0 Å². The Bertz CT molecular complexity index is 2370. The Hall–Kier alpha value is -4.96. The number of para-hydroxylation sites is 1. The van der Waals surface area contributed by atoms with E-state index in [0.717, 1.165) is 0 Å². The lowest BCUT2D eigenvalue weighted by Crippen LogP contribution is -1.99. The number of hydrogen-bond acceptors (Lipinski definition) is 2. The third-order valence-electron chi connectivity index (χ3n) is 8.44. The van der Waals surface area contributed by atoms with Gasteiger partial charge in [-0.05, 0) is 40.5 Å². The van der Waals surface area contributed by atoms with E-state index in [0.29, 0.717) is 0 Å².